The summed E-state index contributed by atoms with van der Waals surface area (Å²) in [6.45, 7) is 1.89. The largest absolute Gasteiger partial charge is 0.447 e. The summed E-state index contributed by atoms with van der Waals surface area (Å²) in [7, 11) is 0. The molecule has 40 heavy (non-hydrogen) atoms. The second-order valence-corrected chi connectivity index (χ2v) is 11.1. The first-order valence-electron chi connectivity index (χ1n) is 14.5. The molecule has 1 aliphatic heterocycles. The zero-order valence-electron chi connectivity index (χ0n) is 22.9. The van der Waals surface area contributed by atoms with Crippen molar-refractivity contribution in [1.82, 2.24) is 10.2 Å². The summed E-state index contributed by atoms with van der Waals surface area (Å²) in [5, 5.41) is 2.91. The molecule has 6 heteroatoms. The molecule has 1 saturated heterocycles. The molecule has 0 radical (unpaired) electrons. The number of carbonyl (C=O) groups excluding carboxylic acids is 3. The average Bonchev–Trinajstić information content (AvgIpc) is 3.44. The van der Waals surface area contributed by atoms with Crippen LogP contribution in [0.2, 0.25) is 0 Å². The van der Waals surface area contributed by atoms with E-state index in [4.69, 9.17) is 4.74 Å². The van der Waals surface area contributed by atoms with Gasteiger partial charge in [-0.1, -0.05) is 104 Å². The van der Waals surface area contributed by atoms with Crippen LogP contribution in [0.15, 0.2) is 91.0 Å². The minimum Gasteiger partial charge on any atom is -0.447 e. The van der Waals surface area contributed by atoms with Crippen LogP contribution in [-0.4, -0.2) is 35.8 Å². The number of carbonyl (C=O) groups is 3. The van der Waals surface area contributed by atoms with Crippen LogP contribution in [0.25, 0.3) is 0 Å². The molecule has 6 nitrogen and oxygen atoms in total. The fourth-order valence-electron chi connectivity index (χ4n) is 6.08. The number of fused-ring (bicyclic) bond motifs is 1. The highest BCUT2D eigenvalue weighted by Gasteiger charge is 2.38. The van der Waals surface area contributed by atoms with Crippen molar-refractivity contribution < 1.29 is 19.1 Å². The zero-order valence-corrected chi connectivity index (χ0v) is 22.9. The minimum absolute atomic E-state index is 0.00271. The molecule has 2 fully saturated rings. The molecule has 0 spiro atoms. The first kappa shape index (κ1) is 27.6. The van der Waals surface area contributed by atoms with Crippen LogP contribution in [0, 0.1) is 17.8 Å². The second kappa shape index (κ2) is 13.4. The average molecular weight is 539 g/mol. The van der Waals surface area contributed by atoms with Gasteiger partial charge in [0.25, 0.3) is 5.91 Å². The summed E-state index contributed by atoms with van der Waals surface area (Å²) in [4.78, 5) is 42.5. The van der Waals surface area contributed by atoms with Gasteiger partial charge < -0.3 is 15.0 Å². The first-order valence-corrected chi connectivity index (χ1v) is 14.5. The molecule has 1 aliphatic carbocycles. The Kier molecular flexibility index (Phi) is 9.27. The second-order valence-electron chi connectivity index (χ2n) is 11.1. The van der Waals surface area contributed by atoms with Crippen LogP contribution >= 0.6 is 0 Å². The van der Waals surface area contributed by atoms with Crippen LogP contribution in [0.5, 0.6) is 0 Å². The molecule has 3 aromatic carbocycles. The van der Waals surface area contributed by atoms with Crippen molar-refractivity contribution in [3.05, 3.63) is 108 Å². The number of hydrogen-bond acceptors (Lipinski definition) is 4. The standard InChI is InChI=1S/C34H38N2O4/c37-31(36-23-28-18-10-11-19-29(28)24-36)21-30(20-25-12-4-1-5-13-25)34(39)40-32(27-16-8-3-9-17-27)33(38)35-22-26-14-6-2-7-15-26/h1-9,12-17,28-30,32H,10-11,18-24H2,(H,35,38)/t28-,29+,30-,32+/m1/s1. The molecule has 1 N–H and O–H groups in total. The number of ether oxygens (including phenoxy) is 1. The Morgan fingerprint density at radius 3 is 1.93 bits per heavy atom. The number of benzene rings is 3. The Morgan fingerprint density at radius 1 is 0.775 bits per heavy atom. The van der Waals surface area contributed by atoms with Crippen LogP contribution in [0.1, 0.15) is 54.9 Å². The SMILES string of the molecule is O=C(O[C@H](C(=O)NCc1ccccc1)c1ccccc1)[C@@H](CC(=O)N1C[C@H]2CCCC[C@H]2C1)Cc1ccccc1. The van der Waals surface area contributed by atoms with E-state index < -0.39 is 23.9 Å². The fourth-order valence-corrected chi connectivity index (χ4v) is 6.08. The van der Waals surface area contributed by atoms with Crippen molar-refractivity contribution in [3.8, 4) is 0 Å². The lowest BCUT2D eigenvalue weighted by Gasteiger charge is -2.24. The van der Waals surface area contributed by atoms with Crippen molar-refractivity contribution in [2.75, 3.05) is 13.1 Å². The maximum absolute atomic E-state index is 13.7. The van der Waals surface area contributed by atoms with Gasteiger partial charge in [0.15, 0.2) is 0 Å². The topological polar surface area (TPSA) is 75.7 Å². The summed E-state index contributed by atoms with van der Waals surface area (Å²) >= 11 is 0. The monoisotopic (exact) mass is 538 g/mol. The van der Waals surface area contributed by atoms with E-state index >= 15 is 0 Å². The summed E-state index contributed by atoms with van der Waals surface area (Å²) in [6.07, 6.45) is 4.17. The molecule has 1 heterocycles. The Balaban J connectivity index is 1.31. The zero-order chi connectivity index (χ0) is 27.7. The molecule has 4 atom stereocenters. The maximum Gasteiger partial charge on any atom is 0.310 e. The maximum atomic E-state index is 13.7. The number of rotatable bonds is 10. The van der Waals surface area contributed by atoms with Crippen LogP contribution < -0.4 is 5.32 Å². The van der Waals surface area contributed by atoms with Gasteiger partial charge in [0.2, 0.25) is 12.0 Å². The Bertz CT molecular complexity index is 1250. The van der Waals surface area contributed by atoms with Crippen molar-refractivity contribution >= 4 is 17.8 Å². The van der Waals surface area contributed by atoms with Gasteiger partial charge in [-0.3, -0.25) is 14.4 Å². The smallest absolute Gasteiger partial charge is 0.310 e. The number of likely N-dealkylation sites (tertiary alicyclic amines) is 1. The highest BCUT2D eigenvalue weighted by Crippen LogP contribution is 2.36. The summed E-state index contributed by atoms with van der Waals surface area (Å²) in [5.74, 6) is -0.460. The van der Waals surface area contributed by atoms with Gasteiger partial charge >= 0.3 is 5.97 Å². The lowest BCUT2D eigenvalue weighted by atomic mass is 9.82. The molecule has 0 bridgehead atoms. The molecule has 0 unspecified atom stereocenters. The van der Waals surface area contributed by atoms with E-state index in [0.717, 1.165) is 24.2 Å². The van der Waals surface area contributed by atoms with E-state index in [2.05, 4.69) is 5.32 Å². The van der Waals surface area contributed by atoms with Crippen LogP contribution in [0.4, 0.5) is 0 Å². The summed E-state index contributed by atoms with van der Waals surface area (Å²) < 4.78 is 5.96. The molecule has 2 aliphatic rings. The van der Waals surface area contributed by atoms with Crippen molar-refractivity contribution in [1.29, 1.82) is 0 Å². The minimum atomic E-state index is -1.11. The molecule has 3 aromatic rings. The van der Waals surface area contributed by atoms with Gasteiger partial charge in [-0.25, -0.2) is 0 Å². The van der Waals surface area contributed by atoms with Gasteiger partial charge in [0, 0.05) is 31.6 Å². The number of esters is 1. The molecule has 1 saturated carbocycles. The third-order valence-electron chi connectivity index (χ3n) is 8.29. The molecular formula is C34H38N2O4. The van der Waals surface area contributed by atoms with Gasteiger partial charge in [0.05, 0.1) is 5.92 Å². The predicted molar refractivity (Wildman–Crippen MR) is 154 cm³/mol. The van der Waals surface area contributed by atoms with Gasteiger partial charge in [-0.15, -0.1) is 0 Å². The van der Waals surface area contributed by atoms with Gasteiger partial charge in [-0.2, -0.15) is 0 Å². The van der Waals surface area contributed by atoms with Crippen molar-refractivity contribution in [2.24, 2.45) is 17.8 Å². The highest BCUT2D eigenvalue weighted by atomic mass is 16.5. The first-order chi connectivity index (χ1) is 19.6. The summed E-state index contributed by atoms with van der Waals surface area (Å²) in [5.41, 5.74) is 2.50. The number of amides is 2. The van der Waals surface area contributed by atoms with E-state index in [1.54, 1.807) is 12.1 Å². The quantitative estimate of drug-likeness (QED) is 0.347. The fraction of sp³-hybridized carbons (Fsp3) is 0.382. The molecule has 208 valence electrons. The van der Waals surface area contributed by atoms with Crippen LogP contribution in [0.3, 0.4) is 0 Å². The molecule has 0 aromatic heterocycles. The van der Waals surface area contributed by atoms with E-state index in [1.807, 2.05) is 83.8 Å². The molecular weight excluding hydrogens is 500 g/mol. The lowest BCUT2D eigenvalue weighted by molar-refractivity contribution is -0.162. The van der Waals surface area contributed by atoms with Crippen molar-refractivity contribution in [2.45, 2.75) is 51.2 Å². The molecule has 5 rings (SSSR count). The van der Waals surface area contributed by atoms with Crippen LogP contribution in [-0.2, 0) is 32.1 Å². The van der Waals surface area contributed by atoms with E-state index in [1.165, 1.54) is 25.7 Å². The normalized spacial score (nSPS) is 19.8. The van der Waals surface area contributed by atoms with E-state index in [9.17, 15) is 14.4 Å². The summed E-state index contributed by atoms with van der Waals surface area (Å²) in [6, 6.07) is 28.3. The Hall–Kier alpha value is -3.93. The third kappa shape index (κ3) is 7.17. The highest BCUT2D eigenvalue weighted by molar-refractivity contribution is 5.87. The predicted octanol–water partition coefficient (Wildman–Crippen LogP) is 5.48. The Labute approximate surface area is 236 Å². The Morgan fingerprint density at radius 2 is 1.32 bits per heavy atom. The molecule has 2 amide bonds. The van der Waals surface area contributed by atoms with E-state index in [0.29, 0.717) is 30.4 Å². The van der Waals surface area contributed by atoms with Crippen molar-refractivity contribution in [3.63, 3.8) is 0 Å². The number of hydrogen-bond donors (Lipinski definition) is 1. The van der Waals surface area contributed by atoms with Gasteiger partial charge in [-0.05, 0) is 42.2 Å². The lowest BCUT2D eigenvalue weighted by Crippen LogP contribution is -2.36. The third-order valence-corrected chi connectivity index (χ3v) is 8.29. The van der Waals surface area contributed by atoms with Gasteiger partial charge in [0.1, 0.15) is 0 Å². The number of nitrogens with one attached hydrogen (secondary N) is 1. The van der Waals surface area contributed by atoms with E-state index in [-0.39, 0.29) is 12.3 Å². The number of nitrogens with zero attached hydrogens (tertiary/aromatic N) is 1.